The topological polar surface area (TPSA) is 63.1 Å². The van der Waals surface area contributed by atoms with E-state index >= 15 is 0 Å². The summed E-state index contributed by atoms with van der Waals surface area (Å²) in [6, 6.07) is 16.7. The highest BCUT2D eigenvalue weighted by molar-refractivity contribution is 6.42. The molecule has 2 N–H and O–H groups in total. The van der Waals surface area contributed by atoms with E-state index in [1.165, 1.54) is 0 Å². The Morgan fingerprint density at radius 1 is 0.966 bits per heavy atom. The maximum absolute atomic E-state index is 11.2. The van der Waals surface area contributed by atoms with Gasteiger partial charge in [0.2, 0.25) is 5.88 Å². The van der Waals surface area contributed by atoms with Gasteiger partial charge in [-0.25, -0.2) is 4.98 Å². The molecule has 0 unspecified atom stereocenters. The lowest BCUT2D eigenvalue weighted by Crippen LogP contribution is -1.97. The molecule has 0 fully saturated rings. The molecule has 5 nitrogen and oxygen atoms in total. The maximum Gasteiger partial charge on any atom is 0.205 e. The van der Waals surface area contributed by atoms with Crippen molar-refractivity contribution in [3.63, 3.8) is 0 Å². The Hall–Kier alpha value is -3.15. The number of hydrogen-bond acceptors (Lipinski definition) is 3. The van der Waals surface area contributed by atoms with E-state index in [-0.39, 0.29) is 5.88 Å². The summed E-state index contributed by atoms with van der Waals surface area (Å²) in [5, 5.41) is 13.3. The molecule has 0 amide bonds. The molecule has 2 aromatic heterocycles. The van der Waals surface area contributed by atoms with Crippen LogP contribution in [0.3, 0.4) is 0 Å². The number of halogens is 2. The van der Waals surface area contributed by atoms with Gasteiger partial charge in [-0.3, -0.25) is 4.57 Å². The largest absolute Gasteiger partial charge is 0.497 e. The van der Waals surface area contributed by atoms with Gasteiger partial charge >= 0.3 is 0 Å². The van der Waals surface area contributed by atoms with E-state index in [1.54, 1.807) is 30.1 Å². The quantitative estimate of drug-likeness (QED) is 0.363. The maximum atomic E-state index is 11.2. The summed E-state index contributed by atoms with van der Waals surface area (Å²) >= 11 is 13.0. The number of benzene rings is 3. The molecule has 144 valence electrons. The molecular formula is C22H15Cl2N3O2. The number of aromatic amines is 1. The third-order valence-corrected chi connectivity index (χ3v) is 5.65. The van der Waals surface area contributed by atoms with E-state index in [0.29, 0.717) is 20.8 Å². The number of hydrogen-bond donors (Lipinski definition) is 2. The fourth-order valence-corrected chi connectivity index (χ4v) is 4.16. The first-order valence-electron chi connectivity index (χ1n) is 8.88. The molecule has 0 radical (unpaired) electrons. The number of methoxy groups -OCH3 is 1. The number of nitrogens with zero attached hydrogens (tertiary/aromatic N) is 2. The molecule has 0 saturated carbocycles. The van der Waals surface area contributed by atoms with Crippen molar-refractivity contribution in [3.8, 4) is 28.6 Å². The Bertz CT molecular complexity index is 1370. The van der Waals surface area contributed by atoms with Crippen LogP contribution >= 0.6 is 23.2 Å². The Morgan fingerprint density at radius 2 is 1.69 bits per heavy atom. The van der Waals surface area contributed by atoms with Crippen molar-refractivity contribution in [2.75, 3.05) is 7.11 Å². The predicted molar refractivity (Wildman–Crippen MR) is 117 cm³/mol. The zero-order valence-corrected chi connectivity index (χ0v) is 16.8. The van der Waals surface area contributed by atoms with Crippen LogP contribution in [-0.2, 0) is 0 Å². The average Bonchev–Trinajstić information content (AvgIpc) is 3.33. The van der Waals surface area contributed by atoms with Crippen molar-refractivity contribution >= 4 is 45.0 Å². The van der Waals surface area contributed by atoms with Gasteiger partial charge in [-0.15, -0.1) is 0 Å². The number of aromatic hydroxyl groups is 1. The third-order valence-electron chi connectivity index (χ3n) is 5.02. The molecule has 0 atom stereocenters. The molecular weight excluding hydrogens is 409 g/mol. The van der Waals surface area contributed by atoms with Crippen LogP contribution in [0.5, 0.6) is 11.6 Å². The van der Waals surface area contributed by atoms with Crippen LogP contribution in [0.4, 0.5) is 0 Å². The van der Waals surface area contributed by atoms with Gasteiger partial charge in [-0.2, -0.15) is 0 Å². The first kappa shape index (κ1) is 17.9. The molecule has 0 saturated heterocycles. The van der Waals surface area contributed by atoms with Crippen LogP contribution in [-0.4, -0.2) is 26.8 Å². The van der Waals surface area contributed by atoms with E-state index in [4.69, 9.17) is 27.9 Å². The van der Waals surface area contributed by atoms with Gasteiger partial charge in [0.25, 0.3) is 0 Å². The van der Waals surface area contributed by atoms with E-state index in [2.05, 4.69) is 9.97 Å². The smallest absolute Gasteiger partial charge is 0.205 e. The second kappa shape index (κ2) is 6.72. The summed E-state index contributed by atoms with van der Waals surface area (Å²) in [5.41, 5.74) is 4.06. The summed E-state index contributed by atoms with van der Waals surface area (Å²) in [7, 11) is 1.62. The second-order valence-electron chi connectivity index (χ2n) is 6.62. The Kier molecular flexibility index (Phi) is 4.15. The zero-order chi connectivity index (χ0) is 20.1. The van der Waals surface area contributed by atoms with Crippen molar-refractivity contribution in [2.45, 2.75) is 0 Å². The molecule has 0 aliphatic rings. The number of fused-ring (bicyclic) bond motifs is 2. The summed E-state index contributed by atoms with van der Waals surface area (Å²) < 4.78 is 7.03. The van der Waals surface area contributed by atoms with E-state index in [0.717, 1.165) is 33.7 Å². The predicted octanol–water partition coefficient (Wildman–Crippen LogP) is 6.19. The number of ether oxygens (including phenoxy) is 1. The lowest BCUT2D eigenvalue weighted by atomic mass is 10.1. The molecule has 5 aromatic rings. The van der Waals surface area contributed by atoms with Gasteiger partial charge in [-0.05, 0) is 60.2 Å². The minimum absolute atomic E-state index is 0.0252. The third kappa shape index (κ3) is 2.74. The van der Waals surface area contributed by atoms with Crippen LogP contribution in [0.1, 0.15) is 0 Å². The molecule has 0 spiro atoms. The number of imidazole rings is 1. The highest BCUT2D eigenvalue weighted by Crippen LogP contribution is 2.46. The molecule has 5 rings (SSSR count). The fraction of sp³-hybridized carbons (Fsp3) is 0.0455. The van der Waals surface area contributed by atoms with Gasteiger partial charge in [0.1, 0.15) is 5.75 Å². The van der Waals surface area contributed by atoms with Gasteiger partial charge in [0.15, 0.2) is 0 Å². The normalized spacial score (nSPS) is 11.4. The Balaban J connectivity index is 1.90. The highest BCUT2D eigenvalue weighted by atomic mass is 35.5. The Morgan fingerprint density at radius 3 is 2.41 bits per heavy atom. The molecule has 7 heteroatoms. The van der Waals surface area contributed by atoms with Crippen molar-refractivity contribution in [3.05, 3.63) is 71.0 Å². The summed E-state index contributed by atoms with van der Waals surface area (Å²) in [5.74, 6) is 0.764. The standard InChI is InChI=1S/C22H15Cl2N3O2/c1-29-14-5-2-12(3-6-14)21-19-15(23)7-8-16(24)20(19)22(28)27(21)13-4-9-17-18(10-13)26-11-25-17/h2-11,28H,1H3,(H,25,26). The van der Waals surface area contributed by atoms with Gasteiger partial charge in [0, 0.05) is 5.39 Å². The van der Waals surface area contributed by atoms with Crippen molar-refractivity contribution in [1.29, 1.82) is 0 Å². The minimum atomic E-state index is 0.0252. The molecule has 0 aliphatic heterocycles. The Labute approximate surface area is 176 Å². The SMILES string of the molecule is COc1ccc(-c2c3c(Cl)ccc(Cl)c3c(O)n2-c2ccc3nc[nH]c3c2)cc1. The lowest BCUT2D eigenvalue weighted by molar-refractivity contribution is 0.415. The number of rotatable bonds is 3. The first-order chi connectivity index (χ1) is 14.1. The molecule has 0 bridgehead atoms. The van der Waals surface area contributed by atoms with Crippen LogP contribution in [0, 0.1) is 0 Å². The van der Waals surface area contributed by atoms with Gasteiger partial charge in [-0.1, -0.05) is 23.2 Å². The van der Waals surface area contributed by atoms with E-state index in [9.17, 15) is 5.11 Å². The van der Waals surface area contributed by atoms with Crippen LogP contribution in [0.2, 0.25) is 10.0 Å². The van der Waals surface area contributed by atoms with Crippen LogP contribution < -0.4 is 4.74 Å². The van der Waals surface area contributed by atoms with Crippen molar-refractivity contribution in [2.24, 2.45) is 0 Å². The number of H-pyrrole nitrogens is 1. The van der Waals surface area contributed by atoms with Gasteiger partial charge in [0.05, 0.1) is 51.3 Å². The summed E-state index contributed by atoms with van der Waals surface area (Å²) in [6.07, 6.45) is 1.64. The summed E-state index contributed by atoms with van der Waals surface area (Å²) in [4.78, 5) is 7.37. The molecule has 3 aromatic carbocycles. The first-order valence-corrected chi connectivity index (χ1v) is 9.63. The fourth-order valence-electron chi connectivity index (χ4n) is 3.67. The molecule has 2 heterocycles. The van der Waals surface area contributed by atoms with Crippen LogP contribution in [0.15, 0.2) is 60.9 Å². The highest BCUT2D eigenvalue weighted by Gasteiger charge is 2.23. The summed E-state index contributed by atoms with van der Waals surface area (Å²) in [6.45, 7) is 0. The van der Waals surface area contributed by atoms with E-state index < -0.39 is 0 Å². The molecule has 0 aliphatic carbocycles. The zero-order valence-electron chi connectivity index (χ0n) is 15.3. The second-order valence-corrected chi connectivity index (χ2v) is 7.43. The monoisotopic (exact) mass is 423 g/mol. The average molecular weight is 424 g/mol. The number of aromatic nitrogens is 3. The van der Waals surface area contributed by atoms with Crippen LogP contribution in [0.25, 0.3) is 38.8 Å². The van der Waals surface area contributed by atoms with Crippen molar-refractivity contribution in [1.82, 2.24) is 14.5 Å². The minimum Gasteiger partial charge on any atom is -0.497 e. The number of nitrogens with one attached hydrogen (secondary N) is 1. The van der Waals surface area contributed by atoms with Crippen molar-refractivity contribution < 1.29 is 9.84 Å². The van der Waals surface area contributed by atoms with E-state index in [1.807, 2.05) is 42.5 Å². The van der Waals surface area contributed by atoms with Gasteiger partial charge < -0.3 is 14.8 Å². The molecule has 29 heavy (non-hydrogen) atoms. The lowest BCUT2D eigenvalue weighted by Gasteiger charge is -2.12.